The van der Waals surface area contributed by atoms with Gasteiger partial charge in [-0.05, 0) is 44.5 Å². The Labute approximate surface area is 157 Å². The second-order valence-electron chi connectivity index (χ2n) is 6.61. The monoisotopic (exact) mass is 370 g/mol. The predicted octanol–water partition coefficient (Wildman–Crippen LogP) is 3.09. The molecule has 2 N–H and O–H groups in total. The van der Waals surface area contributed by atoms with Crippen LogP contribution < -0.4 is 10.6 Å². The van der Waals surface area contributed by atoms with Crippen LogP contribution in [0.15, 0.2) is 42.6 Å². The van der Waals surface area contributed by atoms with Crippen LogP contribution in [0.3, 0.4) is 0 Å². The van der Waals surface area contributed by atoms with Crippen LogP contribution >= 0.6 is 0 Å². The number of anilines is 1. The molecule has 1 aromatic carbocycles. The summed E-state index contributed by atoms with van der Waals surface area (Å²) in [6, 6.07) is 9.56. The number of carbonyl (C=O) groups excluding carboxylic acids is 1. The van der Waals surface area contributed by atoms with Crippen molar-refractivity contribution in [3.63, 3.8) is 0 Å². The maximum atomic E-state index is 13.3. The highest BCUT2D eigenvalue weighted by molar-refractivity contribution is 5.88. The summed E-state index contributed by atoms with van der Waals surface area (Å²) in [6.07, 6.45) is 1.59. The second kappa shape index (κ2) is 8.03. The average Bonchev–Trinajstić information content (AvgIpc) is 3.13. The van der Waals surface area contributed by atoms with Gasteiger partial charge in [0.25, 0.3) is 0 Å². The molecule has 1 atom stereocenters. The van der Waals surface area contributed by atoms with Crippen molar-refractivity contribution in [2.75, 3.05) is 5.32 Å². The number of carbonyl (C=O) groups is 1. The van der Waals surface area contributed by atoms with Crippen LogP contribution in [0.2, 0.25) is 0 Å². The Kier molecular flexibility index (Phi) is 5.54. The Morgan fingerprint density at radius 2 is 2.04 bits per heavy atom. The van der Waals surface area contributed by atoms with E-state index in [9.17, 15) is 9.18 Å². The Morgan fingerprint density at radius 3 is 2.74 bits per heavy atom. The first-order valence-electron chi connectivity index (χ1n) is 8.75. The Bertz CT molecular complexity index is 932. The smallest absolute Gasteiger partial charge is 0.320 e. The van der Waals surface area contributed by atoms with E-state index in [1.165, 1.54) is 12.1 Å². The van der Waals surface area contributed by atoms with Crippen LogP contribution in [0.25, 0.3) is 0 Å². The lowest BCUT2D eigenvalue weighted by Gasteiger charge is -2.16. The number of aromatic nitrogens is 4. The number of benzene rings is 1. The Morgan fingerprint density at radius 1 is 1.22 bits per heavy atom. The van der Waals surface area contributed by atoms with Crippen molar-refractivity contribution < 1.29 is 9.18 Å². The molecule has 0 radical (unpaired) electrons. The summed E-state index contributed by atoms with van der Waals surface area (Å²) in [4.78, 5) is 12.3. The summed E-state index contributed by atoms with van der Waals surface area (Å²) < 4.78 is 16.8. The molecule has 8 heteroatoms. The Hall–Kier alpha value is -3.16. The number of urea groups is 1. The second-order valence-corrected chi connectivity index (χ2v) is 6.61. The highest BCUT2D eigenvalue weighted by Crippen LogP contribution is 2.11. The molecule has 3 aromatic rings. The van der Waals surface area contributed by atoms with Gasteiger partial charge in [0.15, 0.2) is 0 Å². The van der Waals surface area contributed by atoms with Gasteiger partial charge in [0.1, 0.15) is 11.6 Å². The third-order valence-electron chi connectivity index (χ3n) is 4.11. The first-order chi connectivity index (χ1) is 12.9. The molecule has 27 heavy (non-hydrogen) atoms. The number of rotatable bonds is 6. The zero-order chi connectivity index (χ0) is 19.4. The number of halogens is 1. The maximum Gasteiger partial charge on any atom is 0.320 e. The minimum Gasteiger partial charge on any atom is -0.334 e. The molecule has 0 saturated heterocycles. The van der Waals surface area contributed by atoms with Crippen molar-refractivity contribution in [2.45, 2.75) is 39.9 Å². The quantitative estimate of drug-likeness (QED) is 0.700. The lowest BCUT2D eigenvalue weighted by atomic mass is 10.2. The van der Waals surface area contributed by atoms with Crippen molar-refractivity contribution in [3.8, 4) is 0 Å². The minimum absolute atomic E-state index is 0.109. The standard InChI is InChI=1S/C19H23FN6O/c1-13-9-15(3)25(24-13)11-14(2)22-19(27)23-18-7-8-21-26(18)12-16-5-4-6-17(20)10-16/h4-10,14H,11-12H2,1-3H3,(H2,22,23,27)/t14-/m1/s1. The lowest BCUT2D eigenvalue weighted by Crippen LogP contribution is -2.39. The molecule has 2 aromatic heterocycles. The highest BCUT2D eigenvalue weighted by Gasteiger charge is 2.12. The summed E-state index contributed by atoms with van der Waals surface area (Å²) >= 11 is 0. The molecule has 2 heterocycles. The molecule has 3 rings (SSSR count). The van der Waals surface area contributed by atoms with E-state index in [4.69, 9.17) is 0 Å². The van der Waals surface area contributed by atoms with Crippen molar-refractivity contribution in [1.82, 2.24) is 24.9 Å². The van der Waals surface area contributed by atoms with E-state index in [0.29, 0.717) is 18.9 Å². The molecule has 0 aliphatic carbocycles. The van der Waals surface area contributed by atoms with Crippen molar-refractivity contribution in [1.29, 1.82) is 0 Å². The van der Waals surface area contributed by atoms with Gasteiger partial charge in [0, 0.05) is 17.8 Å². The molecular weight excluding hydrogens is 347 g/mol. The van der Waals surface area contributed by atoms with Crippen LogP contribution in [-0.2, 0) is 13.1 Å². The van der Waals surface area contributed by atoms with Crippen LogP contribution in [-0.4, -0.2) is 31.6 Å². The van der Waals surface area contributed by atoms with Crippen molar-refractivity contribution in [2.24, 2.45) is 0 Å². The van der Waals surface area contributed by atoms with Crippen LogP contribution in [0, 0.1) is 19.7 Å². The fourth-order valence-corrected chi connectivity index (χ4v) is 2.91. The van der Waals surface area contributed by atoms with Gasteiger partial charge in [0.05, 0.1) is 25.0 Å². The van der Waals surface area contributed by atoms with Crippen LogP contribution in [0.4, 0.5) is 15.0 Å². The van der Waals surface area contributed by atoms with Gasteiger partial charge >= 0.3 is 6.03 Å². The van der Waals surface area contributed by atoms with E-state index in [-0.39, 0.29) is 17.9 Å². The zero-order valence-electron chi connectivity index (χ0n) is 15.6. The zero-order valence-corrected chi connectivity index (χ0v) is 15.6. The summed E-state index contributed by atoms with van der Waals surface area (Å²) in [7, 11) is 0. The van der Waals surface area contributed by atoms with E-state index in [2.05, 4.69) is 20.8 Å². The van der Waals surface area contributed by atoms with Gasteiger partial charge in [-0.15, -0.1) is 0 Å². The van der Waals surface area contributed by atoms with Crippen molar-refractivity contribution in [3.05, 3.63) is 65.4 Å². The first-order valence-corrected chi connectivity index (χ1v) is 8.75. The summed E-state index contributed by atoms with van der Waals surface area (Å²) in [6.45, 7) is 6.78. The summed E-state index contributed by atoms with van der Waals surface area (Å²) in [5.41, 5.74) is 2.76. The van der Waals surface area contributed by atoms with E-state index < -0.39 is 0 Å². The van der Waals surface area contributed by atoms with Crippen LogP contribution in [0.1, 0.15) is 23.9 Å². The number of hydrogen-bond donors (Lipinski definition) is 2. The largest absolute Gasteiger partial charge is 0.334 e. The summed E-state index contributed by atoms with van der Waals surface area (Å²) in [5.74, 6) is 0.236. The van der Waals surface area contributed by atoms with E-state index in [0.717, 1.165) is 17.0 Å². The number of amides is 2. The lowest BCUT2D eigenvalue weighted by molar-refractivity contribution is 0.247. The molecular formula is C19H23FN6O. The minimum atomic E-state index is -0.329. The molecule has 0 fully saturated rings. The molecule has 7 nitrogen and oxygen atoms in total. The Balaban J connectivity index is 1.58. The molecule has 0 bridgehead atoms. The number of hydrogen-bond acceptors (Lipinski definition) is 3. The van der Waals surface area contributed by atoms with E-state index >= 15 is 0 Å². The molecule has 2 amide bonds. The fraction of sp³-hybridized carbons (Fsp3) is 0.316. The molecule has 142 valence electrons. The predicted molar refractivity (Wildman–Crippen MR) is 101 cm³/mol. The molecule has 0 aliphatic heterocycles. The SMILES string of the molecule is Cc1cc(C)n(C[C@@H](C)NC(=O)Nc2ccnn2Cc2cccc(F)c2)n1. The van der Waals surface area contributed by atoms with Gasteiger partial charge < -0.3 is 5.32 Å². The number of nitrogens with one attached hydrogen (secondary N) is 2. The van der Waals surface area contributed by atoms with Crippen molar-refractivity contribution >= 4 is 11.8 Å². The highest BCUT2D eigenvalue weighted by atomic mass is 19.1. The normalized spacial score (nSPS) is 12.0. The fourth-order valence-electron chi connectivity index (χ4n) is 2.91. The third-order valence-corrected chi connectivity index (χ3v) is 4.11. The molecule has 0 unspecified atom stereocenters. The van der Waals surface area contributed by atoms with E-state index in [1.54, 1.807) is 23.0 Å². The topological polar surface area (TPSA) is 76.8 Å². The summed E-state index contributed by atoms with van der Waals surface area (Å²) in [5, 5.41) is 14.3. The van der Waals surface area contributed by atoms with Gasteiger partial charge in [-0.3, -0.25) is 10.00 Å². The third kappa shape index (κ3) is 4.93. The molecule has 0 spiro atoms. The number of nitrogens with zero attached hydrogens (tertiary/aromatic N) is 4. The number of aryl methyl sites for hydroxylation is 2. The van der Waals surface area contributed by atoms with Gasteiger partial charge in [0.2, 0.25) is 0 Å². The molecule has 0 saturated carbocycles. The average molecular weight is 370 g/mol. The van der Waals surface area contributed by atoms with Gasteiger partial charge in [-0.2, -0.15) is 10.2 Å². The van der Waals surface area contributed by atoms with Gasteiger partial charge in [-0.1, -0.05) is 12.1 Å². The molecule has 0 aliphatic rings. The van der Waals surface area contributed by atoms with Crippen LogP contribution in [0.5, 0.6) is 0 Å². The van der Waals surface area contributed by atoms with Gasteiger partial charge in [-0.25, -0.2) is 13.9 Å². The first kappa shape index (κ1) is 18.6. The van der Waals surface area contributed by atoms with E-state index in [1.807, 2.05) is 37.6 Å². The maximum absolute atomic E-state index is 13.3.